The molecule has 0 fully saturated rings. The van der Waals surface area contributed by atoms with Crippen LogP contribution >= 0.6 is 0 Å². The van der Waals surface area contributed by atoms with E-state index in [1.54, 1.807) is 11.8 Å². The van der Waals surface area contributed by atoms with Crippen LogP contribution in [-0.2, 0) is 22.6 Å². The van der Waals surface area contributed by atoms with E-state index in [9.17, 15) is 9.59 Å². The van der Waals surface area contributed by atoms with Gasteiger partial charge < -0.3 is 10.2 Å². The highest BCUT2D eigenvalue weighted by Crippen LogP contribution is 2.17. The summed E-state index contributed by atoms with van der Waals surface area (Å²) in [6.45, 7) is 12.2. The number of aryl methyl sites for hydroxylation is 3. The third-order valence-electron chi connectivity index (χ3n) is 5.13. The summed E-state index contributed by atoms with van der Waals surface area (Å²) in [7, 11) is 0. The van der Waals surface area contributed by atoms with Crippen molar-refractivity contribution in [1.29, 1.82) is 0 Å². The van der Waals surface area contributed by atoms with E-state index in [-0.39, 0.29) is 24.3 Å². The Morgan fingerprint density at radius 2 is 1.61 bits per heavy atom. The lowest BCUT2D eigenvalue weighted by Gasteiger charge is -2.30. The van der Waals surface area contributed by atoms with Gasteiger partial charge in [-0.05, 0) is 69.4 Å². The Labute approximate surface area is 169 Å². The number of nitrogens with one attached hydrogen (secondary N) is 1. The van der Waals surface area contributed by atoms with Crippen LogP contribution in [0.5, 0.6) is 0 Å². The predicted octanol–water partition coefficient (Wildman–Crippen LogP) is 4.10. The van der Waals surface area contributed by atoms with Crippen LogP contribution in [0.2, 0.25) is 0 Å². The maximum Gasteiger partial charge on any atom is 0.242 e. The third-order valence-corrected chi connectivity index (χ3v) is 5.13. The van der Waals surface area contributed by atoms with Gasteiger partial charge in [-0.25, -0.2) is 0 Å². The molecule has 0 unspecified atom stereocenters. The van der Waals surface area contributed by atoms with Gasteiger partial charge in [0, 0.05) is 12.6 Å². The summed E-state index contributed by atoms with van der Waals surface area (Å²) in [4.78, 5) is 27.5. The molecule has 2 aromatic carbocycles. The Morgan fingerprint density at radius 3 is 2.21 bits per heavy atom. The first-order chi connectivity index (χ1) is 13.2. The molecule has 0 aromatic heterocycles. The molecule has 0 spiro atoms. The molecule has 28 heavy (non-hydrogen) atoms. The molecule has 1 atom stereocenters. The fraction of sp³-hybridized carbons (Fsp3) is 0.417. The number of hydrogen-bond donors (Lipinski definition) is 1. The number of nitrogens with zero attached hydrogens (tertiary/aromatic N) is 1. The second kappa shape index (κ2) is 9.54. The van der Waals surface area contributed by atoms with Gasteiger partial charge in [-0.1, -0.05) is 42.5 Å². The lowest BCUT2D eigenvalue weighted by Crippen LogP contribution is -2.49. The minimum absolute atomic E-state index is 0.0325. The molecule has 0 aliphatic carbocycles. The van der Waals surface area contributed by atoms with Crippen LogP contribution < -0.4 is 5.32 Å². The van der Waals surface area contributed by atoms with Gasteiger partial charge in [-0.3, -0.25) is 9.59 Å². The SMILES string of the molecule is Cc1ccc(CC(=O)N(Cc2ccccc2C)[C@H](C)C(=O)NC(C)C)cc1C. The van der Waals surface area contributed by atoms with Crippen LogP contribution in [0.1, 0.15) is 48.6 Å². The first kappa shape index (κ1) is 21.7. The first-order valence-electron chi connectivity index (χ1n) is 9.89. The molecule has 1 N–H and O–H groups in total. The number of amides is 2. The molecule has 2 rings (SSSR count). The Morgan fingerprint density at radius 1 is 0.929 bits per heavy atom. The minimum atomic E-state index is -0.541. The standard InChI is InChI=1S/C24H32N2O2/c1-16(2)25-24(28)20(6)26(15-22-10-8-7-9-18(22)4)23(27)14-21-12-11-17(3)19(5)13-21/h7-13,16,20H,14-15H2,1-6H3,(H,25,28)/t20-/m1/s1. The summed E-state index contributed by atoms with van der Waals surface area (Å²) in [5.41, 5.74) is 5.52. The van der Waals surface area contributed by atoms with E-state index in [4.69, 9.17) is 0 Å². The van der Waals surface area contributed by atoms with Crippen molar-refractivity contribution in [2.24, 2.45) is 0 Å². The fourth-order valence-corrected chi connectivity index (χ4v) is 3.15. The average Bonchev–Trinajstić information content (AvgIpc) is 2.63. The van der Waals surface area contributed by atoms with Gasteiger partial charge in [-0.2, -0.15) is 0 Å². The Kier molecular flexibility index (Phi) is 7.38. The molecular formula is C24H32N2O2. The van der Waals surface area contributed by atoms with Crippen LogP contribution in [-0.4, -0.2) is 28.8 Å². The highest BCUT2D eigenvalue weighted by molar-refractivity contribution is 5.88. The first-order valence-corrected chi connectivity index (χ1v) is 9.89. The zero-order valence-corrected chi connectivity index (χ0v) is 17.9. The van der Waals surface area contributed by atoms with Crippen LogP contribution in [0, 0.1) is 20.8 Å². The van der Waals surface area contributed by atoms with Gasteiger partial charge in [0.15, 0.2) is 0 Å². The summed E-state index contributed by atoms with van der Waals surface area (Å²) in [5, 5.41) is 2.93. The van der Waals surface area contributed by atoms with Crippen molar-refractivity contribution in [1.82, 2.24) is 10.2 Å². The zero-order valence-electron chi connectivity index (χ0n) is 17.9. The van der Waals surface area contributed by atoms with Crippen molar-refractivity contribution >= 4 is 11.8 Å². The smallest absolute Gasteiger partial charge is 0.242 e. The monoisotopic (exact) mass is 380 g/mol. The number of carbonyl (C=O) groups excluding carboxylic acids is 2. The molecule has 0 bridgehead atoms. The van der Waals surface area contributed by atoms with Crippen LogP contribution in [0.4, 0.5) is 0 Å². The lowest BCUT2D eigenvalue weighted by molar-refractivity contribution is -0.140. The average molecular weight is 381 g/mol. The lowest BCUT2D eigenvalue weighted by atomic mass is 10.0. The van der Waals surface area contributed by atoms with Gasteiger partial charge in [0.05, 0.1) is 6.42 Å². The molecule has 0 aliphatic rings. The number of hydrogen-bond acceptors (Lipinski definition) is 2. The van der Waals surface area contributed by atoms with E-state index >= 15 is 0 Å². The normalized spacial score (nSPS) is 12.0. The summed E-state index contributed by atoms with van der Waals surface area (Å²) in [6, 6.07) is 13.6. The molecule has 150 valence electrons. The van der Waals surface area contributed by atoms with E-state index in [2.05, 4.69) is 18.3 Å². The predicted molar refractivity (Wildman–Crippen MR) is 114 cm³/mol. The molecule has 0 aliphatic heterocycles. The largest absolute Gasteiger partial charge is 0.352 e. The van der Waals surface area contributed by atoms with Crippen molar-refractivity contribution in [3.05, 3.63) is 70.3 Å². The number of rotatable bonds is 7. The maximum atomic E-state index is 13.2. The van der Waals surface area contributed by atoms with E-state index in [1.165, 1.54) is 11.1 Å². The van der Waals surface area contributed by atoms with E-state index in [0.717, 1.165) is 16.7 Å². The van der Waals surface area contributed by atoms with E-state index < -0.39 is 6.04 Å². The summed E-state index contributed by atoms with van der Waals surface area (Å²) in [6.07, 6.45) is 0.284. The van der Waals surface area contributed by atoms with Gasteiger partial charge in [0.1, 0.15) is 6.04 Å². The van der Waals surface area contributed by atoms with Gasteiger partial charge in [-0.15, -0.1) is 0 Å². The molecule has 2 amide bonds. The molecular weight excluding hydrogens is 348 g/mol. The Balaban J connectivity index is 2.27. The molecule has 0 radical (unpaired) electrons. The molecule has 2 aromatic rings. The highest BCUT2D eigenvalue weighted by Gasteiger charge is 2.26. The topological polar surface area (TPSA) is 49.4 Å². The molecule has 0 saturated heterocycles. The van der Waals surface area contributed by atoms with E-state index in [0.29, 0.717) is 6.54 Å². The summed E-state index contributed by atoms with van der Waals surface area (Å²) < 4.78 is 0. The quantitative estimate of drug-likeness (QED) is 0.786. The fourth-order valence-electron chi connectivity index (χ4n) is 3.15. The van der Waals surface area contributed by atoms with Crippen molar-refractivity contribution in [2.75, 3.05) is 0 Å². The van der Waals surface area contributed by atoms with Crippen LogP contribution in [0.25, 0.3) is 0 Å². The second-order valence-electron chi connectivity index (χ2n) is 7.88. The summed E-state index contributed by atoms with van der Waals surface area (Å²) in [5.74, 6) is -0.171. The molecule has 0 saturated carbocycles. The van der Waals surface area contributed by atoms with Crippen LogP contribution in [0.3, 0.4) is 0 Å². The third kappa shape index (κ3) is 5.69. The van der Waals surface area contributed by atoms with Gasteiger partial charge in [0.2, 0.25) is 11.8 Å². The number of benzene rings is 2. The van der Waals surface area contributed by atoms with Gasteiger partial charge >= 0.3 is 0 Å². The Bertz CT molecular complexity index is 842. The number of carbonyl (C=O) groups is 2. The zero-order chi connectivity index (χ0) is 20.8. The van der Waals surface area contributed by atoms with Crippen molar-refractivity contribution in [3.8, 4) is 0 Å². The highest BCUT2D eigenvalue weighted by atomic mass is 16.2. The molecule has 4 heteroatoms. The van der Waals surface area contributed by atoms with Crippen molar-refractivity contribution in [3.63, 3.8) is 0 Å². The van der Waals surface area contributed by atoms with Crippen LogP contribution in [0.15, 0.2) is 42.5 Å². The minimum Gasteiger partial charge on any atom is -0.352 e. The van der Waals surface area contributed by atoms with Crippen molar-refractivity contribution < 1.29 is 9.59 Å². The molecule has 0 heterocycles. The molecule has 4 nitrogen and oxygen atoms in total. The van der Waals surface area contributed by atoms with Crippen molar-refractivity contribution in [2.45, 2.75) is 66.6 Å². The maximum absolute atomic E-state index is 13.2. The second-order valence-corrected chi connectivity index (χ2v) is 7.88. The Hall–Kier alpha value is -2.62. The van der Waals surface area contributed by atoms with Gasteiger partial charge in [0.25, 0.3) is 0 Å². The summed E-state index contributed by atoms with van der Waals surface area (Å²) >= 11 is 0. The van der Waals surface area contributed by atoms with E-state index in [1.807, 2.05) is 64.1 Å².